The number of benzene rings is 3. The standard InChI is InChI=1S/C26H21NO6S/c1-16-23(33-34(29,30)19-10-8-18(31-3)9-11-19)13-12-21-25(28)24(32-26(16)21)14-17-15-27(2)22-7-5-4-6-20(17)22/h4-15H,1-3H3. The van der Waals surface area contributed by atoms with E-state index >= 15 is 0 Å². The molecule has 4 aromatic rings. The maximum Gasteiger partial charge on any atom is 0.339 e. The van der Waals surface area contributed by atoms with Gasteiger partial charge in [0.1, 0.15) is 22.1 Å². The lowest BCUT2D eigenvalue weighted by atomic mass is 10.1. The third-order valence-corrected chi connectivity index (χ3v) is 7.05. The van der Waals surface area contributed by atoms with Crippen molar-refractivity contribution in [3.63, 3.8) is 0 Å². The zero-order valence-electron chi connectivity index (χ0n) is 18.7. The van der Waals surface area contributed by atoms with Gasteiger partial charge in [-0.2, -0.15) is 8.42 Å². The van der Waals surface area contributed by atoms with Gasteiger partial charge in [-0.15, -0.1) is 0 Å². The van der Waals surface area contributed by atoms with Crippen molar-refractivity contribution >= 4 is 32.9 Å². The molecule has 0 saturated carbocycles. The van der Waals surface area contributed by atoms with Crippen LogP contribution < -0.4 is 13.7 Å². The first kappa shape index (κ1) is 21.8. The summed E-state index contributed by atoms with van der Waals surface area (Å²) in [5.74, 6) is 0.818. The number of nitrogens with zero attached hydrogens (tertiary/aromatic N) is 1. The van der Waals surface area contributed by atoms with Crippen LogP contribution >= 0.6 is 0 Å². The average molecular weight is 476 g/mol. The molecule has 3 aromatic carbocycles. The van der Waals surface area contributed by atoms with E-state index in [1.165, 1.54) is 43.5 Å². The molecule has 0 atom stereocenters. The van der Waals surface area contributed by atoms with Gasteiger partial charge in [0.05, 0.1) is 12.7 Å². The fraction of sp³-hybridized carbons (Fsp3) is 0.115. The molecule has 2 heterocycles. The number of fused-ring (bicyclic) bond motifs is 2. The predicted molar refractivity (Wildman–Crippen MR) is 128 cm³/mol. The Labute approximate surface area is 196 Å². The molecular weight excluding hydrogens is 454 g/mol. The number of aromatic nitrogens is 1. The van der Waals surface area contributed by atoms with Crippen molar-refractivity contribution in [1.29, 1.82) is 0 Å². The Morgan fingerprint density at radius 3 is 2.47 bits per heavy atom. The van der Waals surface area contributed by atoms with Gasteiger partial charge < -0.3 is 18.2 Å². The normalized spacial score (nSPS) is 14.3. The maximum absolute atomic E-state index is 13.0. The lowest BCUT2D eigenvalue weighted by Crippen LogP contribution is -2.10. The van der Waals surface area contributed by atoms with Crippen LogP contribution in [0.2, 0.25) is 0 Å². The number of hydrogen-bond donors (Lipinski definition) is 0. The number of carbonyl (C=O) groups excluding carboxylic acids is 1. The fourth-order valence-corrected chi connectivity index (χ4v) is 4.98. The summed E-state index contributed by atoms with van der Waals surface area (Å²) in [6, 6.07) is 16.8. The maximum atomic E-state index is 13.0. The smallest absolute Gasteiger partial charge is 0.339 e. The molecule has 5 rings (SSSR count). The van der Waals surface area contributed by atoms with Gasteiger partial charge in [0.25, 0.3) is 0 Å². The van der Waals surface area contributed by atoms with Crippen molar-refractivity contribution < 1.29 is 26.9 Å². The van der Waals surface area contributed by atoms with Crippen LogP contribution in [0.3, 0.4) is 0 Å². The molecule has 1 aromatic heterocycles. The minimum Gasteiger partial charge on any atom is -0.497 e. The number of para-hydroxylation sites is 1. The van der Waals surface area contributed by atoms with Crippen LogP contribution in [0.5, 0.6) is 17.2 Å². The SMILES string of the molecule is COc1ccc(S(=O)(=O)Oc2ccc3c(c2C)OC(=Cc2cn(C)c4ccccc24)C3=O)cc1. The van der Waals surface area contributed by atoms with E-state index in [9.17, 15) is 13.2 Å². The molecule has 0 amide bonds. The van der Waals surface area contributed by atoms with E-state index in [-0.39, 0.29) is 22.2 Å². The van der Waals surface area contributed by atoms with E-state index < -0.39 is 10.1 Å². The Kier molecular flexibility index (Phi) is 5.17. The minimum absolute atomic E-state index is 0.0123. The zero-order valence-corrected chi connectivity index (χ0v) is 19.5. The van der Waals surface area contributed by atoms with Crippen LogP contribution in [0.25, 0.3) is 17.0 Å². The van der Waals surface area contributed by atoms with Crippen LogP contribution in [0.1, 0.15) is 21.5 Å². The van der Waals surface area contributed by atoms with Crippen molar-refractivity contribution in [3.8, 4) is 17.2 Å². The van der Waals surface area contributed by atoms with Gasteiger partial charge >= 0.3 is 10.1 Å². The van der Waals surface area contributed by atoms with Crippen molar-refractivity contribution in [2.75, 3.05) is 7.11 Å². The average Bonchev–Trinajstić information content (AvgIpc) is 3.33. The molecule has 0 aliphatic carbocycles. The monoisotopic (exact) mass is 475 g/mol. The van der Waals surface area contributed by atoms with Gasteiger partial charge in [0, 0.05) is 35.3 Å². The largest absolute Gasteiger partial charge is 0.497 e. The van der Waals surface area contributed by atoms with Crippen LogP contribution in [-0.2, 0) is 17.2 Å². The summed E-state index contributed by atoms with van der Waals surface area (Å²) >= 11 is 0. The number of ketones is 1. The van der Waals surface area contributed by atoms with E-state index in [0.717, 1.165) is 16.5 Å². The van der Waals surface area contributed by atoms with Crippen LogP contribution in [0.15, 0.2) is 77.5 Å². The highest BCUT2D eigenvalue weighted by Gasteiger charge is 2.31. The number of ether oxygens (including phenoxy) is 2. The van der Waals surface area contributed by atoms with Gasteiger partial charge in [-0.3, -0.25) is 4.79 Å². The number of rotatable bonds is 5. The molecule has 0 radical (unpaired) electrons. The second-order valence-electron chi connectivity index (χ2n) is 7.93. The molecule has 34 heavy (non-hydrogen) atoms. The first-order chi connectivity index (χ1) is 16.3. The highest BCUT2D eigenvalue weighted by Crippen LogP contribution is 2.40. The molecule has 1 aliphatic heterocycles. The summed E-state index contributed by atoms with van der Waals surface area (Å²) in [7, 11) is -0.653. The van der Waals surface area contributed by atoms with Gasteiger partial charge in [-0.05, 0) is 55.5 Å². The van der Waals surface area contributed by atoms with Gasteiger partial charge in [-0.1, -0.05) is 18.2 Å². The molecule has 7 nitrogen and oxygen atoms in total. The lowest BCUT2D eigenvalue weighted by molar-refractivity contribution is 0.101. The van der Waals surface area contributed by atoms with E-state index in [0.29, 0.717) is 22.6 Å². The second kappa shape index (κ2) is 8.07. The zero-order chi connectivity index (χ0) is 24.0. The van der Waals surface area contributed by atoms with Gasteiger partial charge in [0.15, 0.2) is 5.76 Å². The molecule has 1 aliphatic rings. The molecule has 0 fully saturated rings. The first-order valence-electron chi connectivity index (χ1n) is 10.5. The summed E-state index contributed by atoms with van der Waals surface area (Å²) in [5, 5.41) is 0.996. The Bertz CT molecular complexity index is 1580. The van der Waals surface area contributed by atoms with Gasteiger partial charge in [-0.25, -0.2) is 0 Å². The summed E-state index contributed by atoms with van der Waals surface area (Å²) in [4.78, 5) is 13.0. The second-order valence-corrected chi connectivity index (χ2v) is 9.48. The summed E-state index contributed by atoms with van der Waals surface area (Å²) in [6.07, 6.45) is 3.64. The van der Waals surface area contributed by atoms with Crippen LogP contribution in [0.4, 0.5) is 0 Å². The number of carbonyl (C=O) groups is 1. The molecular formula is C26H21NO6S. The highest BCUT2D eigenvalue weighted by molar-refractivity contribution is 7.87. The van der Waals surface area contributed by atoms with E-state index in [2.05, 4.69) is 0 Å². The highest BCUT2D eigenvalue weighted by atomic mass is 32.2. The number of hydrogen-bond acceptors (Lipinski definition) is 6. The molecule has 0 bridgehead atoms. The first-order valence-corrected chi connectivity index (χ1v) is 11.9. The fourth-order valence-electron chi connectivity index (χ4n) is 4.00. The van der Waals surface area contributed by atoms with Crippen molar-refractivity contribution in [2.24, 2.45) is 7.05 Å². The molecule has 172 valence electrons. The van der Waals surface area contributed by atoms with Crippen molar-refractivity contribution in [2.45, 2.75) is 11.8 Å². The molecule has 0 N–H and O–H groups in total. The third-order valence-electron chi connectivity index (χ3n) is 5.80. The van der Waals surface area contributed by atoms with Crippen LogP contribution in [0, 0.1) is 6.92 Å². The Morgan fingerprint density at radius 1 is 1.00 bits per heavy atom. The van der Waals surface area contributed by atoms with Gasteiger partial charge in [0.2, 0.25) is 5.78 Å². The number of aryl methyl sites for hydroxylation is 1. The summed E-state index contributed by atoms with van der Waals surface area (Å²) in [6.45, 7) is 1.66. The minimum atomic E-state index is -4.09. The third kappa shape index (κ3) is 3.62. The molecule has 0 saturated heterocycles. The molecule has 8 heteroatoms. The van der Waals surface area contributed by atoms with Crippen LogP contribution in [-0.4, -0.2) is 25.9 Å². The Hall–Kier alpha value is -4.04. The predicted octanol–water partition coefficient (Wildman–Crippen LogP) is 4.88. The summed E-state index contributed by atoms with van der Waals surface area (Å²) in [5.41, 5.74) is 2.67. The van der Waals surface area contributed by atoms with E-state index in [1.54, 1.807) is 13.0 Å². The van der Waals surface area contributed by atoms with Crippen molar-refractivity contribution in [1.82, 2.24) is 4.57 Å². The molecule has 0 unspecified atom stereocenters. The number of Topliss-reactive ketones (excluding diaryl/α,β-unsaturated/α-hetero) is 1. The Balaban J connectivity index is 1.47. The quantitative estimate of drug-likeness (QED) is 0.302. The van der Waals surface area contributed by atoms with E-state index in [4.69, 9.17) is 13.7 Å². The topological polar surface area (TPSA) is 83.8 Å². The lowest BCUT2D eigenvalue weighted by Gasteiger charge is -2.11. The molecule has 0 spiro atoms. The number of methoxy groups -OCH3 is 1. The van der Waals surface area contributed by atoms with E-state index in [1.807, 2.05) is 42.1 Å². The Morgan fingerprint density at radius 2 is 1.74 bits per heavy atom. The summed E-state index contributed by atoms with van der Waals surface area (Å²) < 4.78 is 43.9. The number of allylic oxidation sites excluding steroid dienone is 1. The van der Waals surface area contributed by atoms with Crippen molar-refractivity contribution in [3.05, 3.63) is 89.3 Å².